The fourth-order valence-electron chi connectivity index (χ4n) is 1.43. The molecular formula is C9H18N2O2. The van der Waals surface area contributed by atoms with Crippen LogP contribution >= 0.6 is 0 Å². The van der Waals surface area contributed by atoms with Crippen LogP contribution in [0.1, 0.15) is 19.8 Å². The van der Waals surface area contributed by atoms with Gasteiger partial charge in [-0.2, -0.15) is 0 Å². The van der Waals surface area contributed by atoms with Crippen LogP contribution in [0.2, 0.25) is 0 Å². The maximum absolute atomic E-state index is 10.7. The first-order chi connectivity index (χ1) is 5.92. The molecule has 0 radical (unpaired) electrons. The Morgan fingerprint density at radius 2 is 2.23 bits per heavy atom. The number of carboxylic acid groups (broad SMARTS) is 1. The van der Waals surface area contributed by atoms with Gasteiger partial charge in [-0.3, -0.25) is 4.79 Å². The second kappa shape index (κ2) is 3.64. The van der Waals surface area contributed by atoms with Gasteiger partial charge in [0.05, 0.1) is 0 Å². The Kier molecular flexibility index (Phi) is 2.93. The molecule has 1 unspecified atom stereocenters. The molecule has 4 heteroatoms. The van der Waals surface area contributed by atoms with E-state index in [9.17, 15) is 4.79 Å². The summed E-state index contributed by atoms with van der Waals surface area (Å²) in [7, 11) is 1.92. The summed E-state index contributed by atoms with van der Waals surface area (Å²) >= 11 is 0. The van der Waals surface area contributed by atoms with Gasteiger partial charge in [0, 0.05) is 13.1 Å². The number of hydrogen-bond donors (Lipinski definition) is 2. The first-order valence-corrected chi connectivity index (χ1v) is 4.62. The van der Waals surface area contributed by atoms with Crippen molar-refractivity contribution in [1.29, 1.82) is 0 Å². The average Bonchev–Trinajstić information content (AvgIpc) is 2.69. The lowest BCUT2D eigenvalue weighted by Crippen LogP contribution is -2.53. The van der Waals surface area contributed by atoms with Gasteiger partial charge in [0.15, 0.2) is 0 Å². The van der Waals surface area contributed by atoms with E-state index in [0.717, 1.165) is 12.5 Å². The highest BCUT2D eigenvalue weighted by molar-refractivity contribution is 5.78. The van der Waals surface area contributed by atoms with Gasteiger partial charge in [0.2, 0.25) is 0 Å². The Bertz CT molecular complexity index is 200. The summed E-state index contributed by atoms with van der Waals surface area (Å²) < 4.78 is 0. The number of nitrogens with two attached hydrogens (primary N) is 1. The lowest BCUT2D eigenvalue weighted by molar-refractivity contribution is -0.143. The number of carbonyl (C=O) groups is 1. The molecule has 0 saturated heterocycles. The molecule has 1 fully saturated rings. The Labute approximate surface area is 78.7 Å². The van der Waals surface area contributed by atoms with Gasteiger partial charge >= 0.3 is 5.97 Å². The highest BCUT2D eigenvalue weighted by Gasteiger charge is 2.31. The molecule has 1 aliphatic carbocycles. The van der Waals surface area contributed by atoms with Crippen LogP contribution < -0.4 is 5.73 Å². The van der Waals surface area contributed by atoms with Crippen molar-refractivity contribution in [3.63, 3.8) is 0 Å². The number of carboxylic acids is 1. The predicted molar refractivity (Wildman–Crippen MR) is 50.4 cm³/mol. The van der Waals surface area contributed by atoms with Crippen molar-refractivity contribution < 1.29 is 9.90 Å². The summed E-state index contributed by atoms with van der Waals surface area (Å²) in [5.74, 6) is -0.162. The van der Waals surface area contributed by atoms with Crippen LogP contribution in [0.3, 0.4) is 0 Å². The molecule has 1 rings (SSSR count). The van der Waals surface area contributed by atoms with E-state index < -0.39 is 11.5 Å². The van der Waals surface area contributed by atoms with Gasteiger partial charge in [0.25, 0.3) is 0 Å². The van der Waals surface area contributed by atoms with Crippen molar-refractivity contribution in [2.45, 2.75) is 25.3 Å². The minimum absolute atomic E-state index is 0.416. The van der Waals surface area contributed by atoms with E-state index in [1.54, 1.807) is 6.92 Å². The van der Waals surface area contributed by atoms with E-state index >= 15 is 0 Å². The lowest BCUT2D eigenvalue weighted by atomic mass is 10.0. The largest absolute Gasteiger partial charge is 0.480 e. The molecule has 3 N–H and O–H groups in total. The van der Waals surface area contributed by atoms with Crippen LogP contribution in [-0.2, 0) is 4.79 Å². The van der Waals surface area contributed by atoms with E-state index in [2.05, 4.69) is 0 Å². The van der Waals surface area contributed by atoms with Crippen LogP contribution in [0.15, 0.2) is 0 Å². The number of aliphatic carboxylic acids is 1. The van der Waals surface area contributed by atoms with E-state index in [1.165, 1.54) is 12.8 Å². The predicted octanol–water partition coefficient (Wildman–Crippen LogP) is 0.130. The van der Waals surface area contributed by atoms with Crippen molar-refractivity contribution in [2.75, 3.05) is 20.1 Å². The van der Waals surface area contributed by atoms with Gasteiger partial charge in [-0.25, -0.2) is 0 Å². The molecule has 1 aliphatic rings. The molecule has 0 spiro atoms. The standard InChI is InChI=1S/C9H18N2O2/c1-9(10,8(12)13)6-11(2)5-7-3-4-7/h7H,3-6,10H2,1-2H3,(H,12,13). The van der Waals surface area contributed by atoms with E-state index in [4.69, 9.17) is 10.8 Å². The fourth-order valence-corrected chi connectivity index (χ4v) is 1.43. The number of hydrogen-bond acceptors (Lipinski definition) is 3. The molecule has 0 amide bonds. The molecule has 13 heavy (non-hydrogen) atoms. The molecule has 0 aliphatic heterocycles. The first-order valence-electron chi connectivity index (χ1n) is 4.62. The van der Waals surface area contributed by atoms with E-state index in [1.807, 2.05) is 11.9 Å². The molecular weight excluding hydrogens is 168 g/mol. The summed E-state index contributed by atoms with van der Waals surface area (Å²) in [6.07, 6.45) is 2.55. The normalized spacial score (nSPS) is 21.5. The molecule has 0 bridgehead atoms. The van der Waals surface area contributed by atoms with E-state index in [-0.39, 0.29) is 0 Å². The Hall–Kier alpha value is -0.610. The summed E-state index contributed by atoms with van der Waals surface area (Å²) in [6.45, 7) is 2.94. The highest BCUT2D eigenvalue weighted by Crippen LogP contribution is 2.29. The van der Waals surface area contributed by atoms with Crippen LogP contribution in [0.4, 0.5) is 0 Å². The van der Waals surface area contributed by atoms with Crippen molar-refractivity contribution in [3.05, 3.63) is 0 Å². The molecule has 76 valence electrons. The van der Waals surface area contributed by atoms with Gasteiger partial charge in [-0.05, 0) is 32.7 Å². The van der Waals surface area contributed by atoms with Crippen LogP contribution in [-0.4, -0.2) is 41.7 Å². The van der Waals surface area contributed by atoms with Crippen LogP contribution in [0.25, 0.3) is 0 Å². The van der Waals surface area contributed by atoms with E-state index in [0.29, 0.717) is 6.54 Å². The first kappa shape index (κ1) is 10.5. The molecule has 0 aromatic rings. The monoisotopic (exact) mass is 186 g/mol. The van der Waals surface area contributed by atoms with Gasteiger partial charge in [0.1, 0.15) is 5.54 Å². The minimum atomic E-state index is -1.12. The SMILES string of the molecule is CN(CC1CC1)CC(C)(N)C(=O)O. The topological polar surface area (TPSA) is 66.6 Å². The lowest BCUT2D eigenvalue weighted by Gasteiger charge is -2.26. The average molecular weight is 186 g/mol. The second-order valence-electron chi connectivity index (χ2n) is 4.36. The zero-order valence-corrected chi connectivity index (χ0v) is 8.29. The van der Waals surface area contributed by atoms with Crippen molar-refractivity contribution >= 4 is 5.97 Å². The Balaban J connectivity index is 2.32. The van der Waals surface area contributed by atoms with Crippen molar-refractivity contribution in [2.24, 2.45) is 11.7 Å². The smallest absolute Gasteiger partial charge is 0.324 e. The fraction of sp³-hybridized carbons (Fsp3) is 0.889. The highest BCUT2D eigenvalue weighted by atomic mass is 16.4. The number of nitrogens with zero attached hydrogens (tertiary/aromatic N) is 1. The number of rotatable bonds is 5. The third-order valence-corrected chi connectivity index (χ3v) is 2.35. The quantitative estimate of drug-likeness (QED) is 0.640. The molecule has 0 aromatic heterocycles. The summed E-state index contributed by atoms with van der Waals surface area (Å²) in [5, 5.41) is 8.79. The summed E-state index contributed by atoms with van der Waals surface area (Å²) in [6, 6.07) is 0. The Morgan fingerprint density at radius 1 is 1.69 bits per heavy atom. The second-order valence-corrected chi connectivity index (χ2v) is 4.36. The minimum Gasteiger partial charge on any atom is -0.480 e. The molecule has 1 atom stereocenters. The third kappa shape index (κ3) is 3.32. The molecule has 0 heterocycles. The van der Waals surface area contributed by atoms with Crippen LogP contribution in [0.5, 0.6) is 0 Å². The third-order valence-electron chi connectivity index (χ3n) is 2.35. The van der Waals surface area contributed by atoms with Gasteiger partial charge in [-0.15, -0.1) is 0 Å². The zero-order chi connectivity index (χ0) is 10.1. The van der Waals surface area contributed by atoms with Gasteiger partial charge in [-0.1, -0.05) is 0 Å². The molecule has 1 saturated carbocycles. The van der Waals surface area contributed by atoms with Crippen LogP contribution in [0, 0.1) is 5.92 Å². The zero-order valence-electron chi connectivity index (χ0n) is 8.29. The molecule has 0 aromatic carbocycles. The van der Waals surface area contributed by atoms with Gasteiger partial charge < -0.3 is 15.7 Å². The molecule has 4 nitrogen and oxygen atoms in total. The van der Waals surface area contributed by atoms with Crippen molar-refractivity contribution in [3.8, 4) is 0 Å². The number of likely N-dealkylation sites (N-methyl/N-ethyl adjacent to an activating group) is 1. The maximum atomic E-state index is 10.7. The summed E-state index contributed by atoms with van der Waals surface area (Å²) in [5.41, 5.74) is 4.49. The van der Waals surface area contributed by atoms with Crippen molar-refractivity contribution in [1.82, 2.24) is 4.90 Å². The maximum Gasteiger partial charge on any atom is 0.324 e. The summed E-state index contributed by atoms with van der Waals surface area (Å²) in [4.78, 5) is 12.7. The Morgan fingerprint density at radius 3 is 2.62 bits per heavy atom.